The Morgan fingerprint density at radius 2 is 1.82 bits per heavy atom. The van der Waals surface area contributed by atoms with Gasteiger partial charge in [0, 0.05) is 45.1 Å². The van der Waals surface area contributed by atoms with Crippen LogP contribution < -0.4 is 15.0 Å². The molecule has 1 aromatic carbocycles. The van der Waals surface area contributed by atoms with Gasteiger partial charge < -0.3 is 15.0 Å². The topological polar surface area (TPSA) is 70.6 Å². The molecule has 0 atom stereocenters. The average molecular weight is 383 g/mol. The van der Waals surface area contributed by atoms with Crippen LogP contribution in [0.4, 0.5) is 5.95 Å². The molecule has 0 unspecified atom stereocenters. The van der Waals surface area contributed by atoms with Gasteiger partial charge in [0.2, 0.25) is 5.95 Å². The van der Waals surface area contributed by atoms with Crippen molar-refractivity contribution < 1.29 is 9.53 Å². The van der Waals surface area contributed by atoms with E-state index in [9.17, 15) is 4.79 Å². The number of benzene rings is 1. The summed E-state index contributed by atoms with van der Waals surface area (Å²) in [6.45, 7) is 7.65. The number of aryl methyl sites for hydroxylation is 1. The van der Waals surface area contributed by atoms with Crippen LogP contribution in [0.25, 0.3) is 0 Å². The van der Waals surface area contributed by atoms with E-state index in [0.717, 1.165) is 57.3 Å². The van der Waals surface area contributed by atoms with E-state index < -0.39 is 0 Å². The lowest BCUT2D eigenvalue weighted by atomic mass is 10.2. The van der Waals surface area contributed by atoms with Crippen LogP contribution in [0.15, 0.2) is 42.7 Å². The van der Waals surface area contributed by atoms with Crippen LogP contribution in [0.5, 0.6) is 5.75 Å². The van der Waals surface area contributed by atoms with Gasteiger partial charge in [0.25, 0.3) is 5.91 Å². The van der Waals surface area contributed by atoms with Gasteiger partial charge in [0.1, 0.15) is 5.75 Å². The van der Waals surface area contributed by atoms with E-state index in [-0.39, 0.29) is 12.5 Å². The van der Waals surface area contributed by atoms with E-state index in [1.165, 1.54) is 5.56 Å². The van der Waals surface area contributed by atoms with Crippen molar-refractivity contribution in [2.24, 2.45) is 0 Å². The van der Waals surface area contributed by atoms with E-state index in [1.54, 1.807) is 12.4 Å². The second-order valence-electron chi connectivity index (χ2n) is 6.87. The van der Waals surface area contributed by atoms with E-state index in [2.05, 4.69) is 32.0 Å². The molecule has 1 aliphatic heterocycles. The van der Waals surface area contributed by atoms with Gasteiger partial charge in [-0.2, -0.15) is 0 Å². The Balaban J connectivity index is 1.26. The molecule has 2 aromatic rings. The second-order valence-corrected chi connectivity index (χ2v) is 6.87. The van der Waals surface area contributed by atoms with Crippen molar-refractivity contribution in [1.29, 1.82) is 0 Å². The highest BCUT2D eigenvalue weighted by molar-refractivity contribution is 5.77. The van der Waals surface area contributed by atoms with Crippen molar-refractivity contribution in [3.8, 4) is 5.75 Å². The normalized spacial score (nSPS) is 14.7. The lowest BCUT2D eigenvalue weighted by Gasteiger charge is -2.34. The molecule has 1 N–H and O–H groups in total. The van der Waals surface area contributed by atoms with Gasteiger partial charge in [0.15, 0.2) is 6.61 Å². The minimum Gasteiger partial charge on any atom is -0.484 e. The summed E-state index contributed by atoms with van der Waals surface area (Å²) in [7, 11) is 0. The van der Waals surface area contributed by atoms with Crippen LogP contribution >= 0.6 is 0 Å². The zero-order chi connectivity index (χ0) is 19.6. The first-order valence-corrected chi connectivity index (χ1v) is 9.97. The molecular formula is C21H29N5O2. The molecule has 7 nitrogen and oxygen atoms in total. The Labute approximate surface area is 166 Å². The Bertz CT molecular complexity index is 715. The van der Waals surface area contributed by atoms with Crippen LogP contribution in [0.2, 0.25) is 0 Å². The fourth-order valence-electron chi connectivity index (χ4n) is 3.18. The molecule has 1 amide bonds. The van der Waals surface area contributed by atoms with Gasteiger partial charge in [0.05, 0.1) is 0 Å². The predicted molar refractivity (Wildman–Crippen MR) is 110 cm³/mol. The van der Waals surface area contributed by atoms with Crippen LogP contribution in [0.3, 0.4) is 0 Å². The number of rotatable bonds is 9. The van der Waals surface area contributed by atoms with Gasteiger partial charge in [-0.25, -0.2) is 9.97 Å². The zero-order valence-electron chi connectivity index (χ0n) is 16.5. The smallest absolute Gasteiger partial charge is 0.257 e. The summed E-state index contributed by atoms with van der Waals surface area (Å²) in [5.74, 6) is 1.46. The molecule has 3 rings (SSSR count). The summed E-state index contributed by atoms with van der Waals surface area (Å²) in [4.78, 5) is 25.2. The fraction of sp³-hybridized carbons (Fsp3) is 0.476. The zero-order valence-corrected chi connectivity index (χ0v) is 16.5. The summed E-state index contributed by atoms with van der Waals surface area (Å²) in [6, 6.07) is 9.70. The van der Waals surface area contributed by atoms with Crippen molar-refractivity contribution in [3.05, 3.63) is 48.3 Å². The summed E-state index contributed by atoms with van der Waals surface area (Å²) in [5.41, 5.74) is 1.26. The van der Waals surface area contributed by atoms with Crippen molar-refractivity contribution in [1.82, 2.24) is 20.2 Å². The summed E-state index contributed by atoms with van der Waals surface area (Å²) >= 11 is 0. The monoisotopic (exact) mass is 383 g/mol. The number of hydrogen-bond acceptors (Lipinski definition) is 6. The highest BCUT2D eigenvalue weighted by Crippen LogP contribution is 2.12. The van der Waals surface area contributed by atoms with Crippen LogP contribution in [0.1, 0.15) is 18.9 Å². The average Bonchev–Trinajstić information content (AvgIpc) is 2.76. The molecule has 0 bridgehead atoms. The summed E-state index contributed by atoms with van der Waals surface area (Å²) in [5, 5.41) is 2.93. The Morgan fingerprint density at radius 3 is 2.50 bits per heavy atom. The van der Waals surface area contributed by atoms with Crippen LogP contribution in [-0.2, 0) is 11.2 Å². The lowest BCUT2D eigenvalue weighted by molar-refractivity contribution is -0.123. The third-order valence-electron chi connectivity index (χ3n) is 4.88. The van der Waals surface area contributed by atoms with E-state index in [0.29, 0.717) is 6.54 Å². The number of amides is 1. The van der Waals surface area contributed by atoms with Crippen molar-refractivity contribution >= 4 is 11.9 Å². The molecule has 7 heteroatoms. The Morgan fingerprint density at radius 1 is 1.11 bits per heavy atom. The summed E-state index contributed by atoms with van der Waals surface area (Å²) < 4.78 is 5.53. The van der Waals surface area contributed by atoms with Gasteiger partial charge in [-0.3, -0.25) is 9.69 Å². The molecule has 1 saturated heterocycles. The van der Waals surface area contributed by atoms with Crippen molar-refractivity contribution in [2.75, 3.05) is 50.8 Å². The Hall–Kier alpha value is -2.67. The fourth-order valence-corrected chi connectivity index (χ4v) is 3.18. The minimum atomic E-state index is -0.0781. The molecule has 2 heterocycles. The van der Waals surface area contributed by atoms with Crippen molar-refractivity contribution in [2.45, 2.75) is 19.8 Å². The molecular weight excluding hydrogens is 354 g/mol. The first-order chi connectivity index (χ1) is 13.7. The lowest BCUT2D eigenvalue weighted by Crippen LogP contribution is -2.47. The van der Waals surface area contributed by atoms with Crippen LogP contribution in [0, 0.1) is 0 Å². The number of aromatic nitrogens is 2. The highest BCUT2D eigenvalue weighted by atomic mass is 16.5. The number of carbonyl (C=O) groups excluding carboxylic acids is 1. The maximum atomic E-state index is 11.9. The standard InChI is InChI=1S/C21H29N5O2/c1-2-18-5-7-19(8-6-18)28-17-20(27)22-11-4-12-25-13-15-26(16-14-25)21-23-9-3-10-24-21/h3,5-10H,2,4,11-17H2,1H3,(H,22,27). The number of anilines is 1. The molecule has 1 aliphatic rings. The molecule has 0 saturated carbocycles. The molecule has 28 heavy (non-hydrogen) atoms. The SMILES string of the molecule is CCc1ccc(OCC(=O)NCCCN2CCN(c3ncccn3)CC2)cc1. The van der Waals surface area contributed by atoms with Gasteiger partial charge in [-0.1, -0.05) is 19.1 Å². The minimum absolute atomic E-state index is 0.0568. The number of nitrogens with zero attached hydrogens (tertiary/aromatic N) is 4. The second kappa shape index (κ2) is 10.6. The van der Waals surface area contributed by atoms with Crippen molar-refractivity contribution in [3.63, 3.8) is 0 Å². The predicted octanol–water partition coefficient (Wildman–Crippen LogP) is 1.75. The van der Waals surface area contributed by atoms with Gasteiger partial charge in [-0.15, -0.1) is 0 Å². The molecule has 1 fully saturated rings. The molecule has 0 spiro atoms. The molecule has 0 radical (unpaired) electrons. The quantitative estimate of drug-likeness (QED) is 0.665. The maximum Gasteiger partial charge on any atom is 0.257 e. The van der Waals surface area contributed by atoms with Gasteiger partial charge in [-0.05, 0) is 43.1 Å². The largest absolute Gasteiger partial charge is 0.484 e. The third-order valence-corrected chi connectivity index (χ3v) is 4.88. The number of piperazine rings is 1. The first-order valence-electron chi connectivity index (χ1n) is 9.97. The number of carbonyl (C=O) groups is 1. The van der Waals surface area contributed by atoms with E-state index in [4.69, 9.17) is 4.74 Å². The molecule has 0 aliphatic carbocycles. The number of hydrogen-bond donors (Lipinski definition) is 1. The molecule has 150 valence electrons. The third kappa shape index (κ3) is 6.20. The first kappa shape index (κ1) is 20.1. The number of ether oxygens (including phenoxy) is 1. The Kier molecular flexibility index (Phi) is 7.61. The maximum absolute atomic E-state index is 11.9. The summed E-state index contributed by atoms with van der Waals surface area (Å²) in [6.07, 6.45) is 5.48. The van der Waals surface area contributed by atoms with E-state index >= 15 is 0 Å². The highest BCUT2D eigenvalue weighted by Gasteiger charge is 2.18. The number of nitrogens with one attached hydrogen (secondary N) is 1. The molecule has 1 aromatic heterocycles. The van der Waals surface area contributed by atoms with E-state index in [1.807, 2.05) is 30.3 Å². The van der Waals surface area contributed by atoms with Crippen LogP contribution in [-0.4, -0.2) is 66.7 Å². The van der Waals surface area contributed by atoms with Gasteiger partial charge >= 0.3 is 0 Å².